The van der Waals surface area contributed by atoms with Crippen LogP contribution < -0.4 is 5.73 Å². The number of hydrogen-bond acceptors (Lipinski definition) is 3. The van der Waals surface area contributed by atoms with Crippen LogP contribution in [0.5, 0.6) is 0 Å². The Morgan fingerprint density at radius 3 is 2.85 bits per heavy atom. The minimum atomic E-state index is -0.547. The Morgan fingerprint density at radius 2 is 2.20 bits per heavy atom. The molecule has 1 aromatic rings. The van der Waals surface area contributed by atoms with Gasteiger partial charge in [-0.1, -0.05) is 23.2 Å². The van der Waals surface area contributed by atoms with Crippen LogP contribution in [-0.4, -0.2) is 36.5 Å². The molecule has 1 aliphatic heterocycles. The van der Waals surface area contributed by atoms with Crippen LogP contribution in [-0.2, 0) is 9.53 Å². The molecule has 110 valence electrons. The Labute approximate surface area is 126 Å². The molecule has 1 aliphatic rings. The molecule has 0 saturated carbocycles. The summed E-state index contributed by atoms with van der Waals surface area (Å²) < 4.78 is 19.2. The van der Waals surface area contributed by atoms with E-state index in [-0.39, 0.29) is 5.02 Å². The van der Waals surface area contributed by atoms with Gasteiger partial charge in [0.15, 0.2) is 0 Å². The minimum Gasteiger partial charge on any atom is -0.371 e. The van der Waals surface area contributed by atoms with Crippen LogP contribution in [0.15, 0.2) is 12.1 Å². The lowest BCUT2D eigenvalue weighted by molar-refractivity contribution is -0.126. The summed E-state index contributed by atoms with van der Waals surface area (Å²) in [5, 5.41) is 0.312. The molecule has 7 heteroatoms. The third-order valence-electron chi connectivity index (χ3n) is 3.44. The second-order valence-electron chi connectivity index (χ2n) is 4.72. The maximum atomic E-state index is 13.6. The van der Waals surface area contributed by atoms with Crippen molar-refractivity contribution in [3.8, 4) is 0 Å². The third-order valence-corrected chi connectivity index (χ3v) is 4.06. The van der Waals surface area contributed by atoms with Crippen LogP contribution in [0, 0.1) is 5.82 Å². The fourth-order valence-electron chi connectivity index (χ4n) is 2.17. The molecule has 2 rings (SSSR count). The van der Waals surface area contributed by atoms with Crippen molar-refractivity contribution in [3.05, 3.63) is 33.6 Å². The number of primary amides is 1. The second kappa shape index (κ2) is 6.26. The number of halogens is 3. The van der Waals surface area contributed by atoms with Crippen LogP contribution in [0.25, 0.3) is 0 Å². The summed E-state index contributed by atoms with van der Waals surface area (Å²) in [5.74, 6) is -0.950. The Kier molecular flexibility index (Phi) is 4.86. The first-order valence-corrected chi connectivity index (χ1v) is 6.95. The van der Waals surface area contributed by atoms with E-state index in [4.69, 9.17) is 33.7 Å². The summed E-state index contributed by atoms with van der Waals surface area (Å²) in [6.45, 7) is 3.16. The second-order valence-corrected chi connectivity index (χ2v) is 5.53. The Balaban J connectivity index is 2.21. The summed E-state index contributed by atoms with van der Waals surface area (Å²) >= 11 is 11.8. The van der Waals surface area contributed by atoms with Crippen molar-refractivity contribution >= 4 is 29.1 Å². The van der Waals surface area contributed by atoms with Crippen molar-refractivity contribution in [1.29, 1.82) is 0 Å². The van der Waals surface area contributed by atoms with Gasteiger partial charge in [0.1, 0.15) is 5.82 Å². The predicted molar refractivity (Wildman–Crippen MR) is 75.3 cm³/mol. The highest BCUT2D eigenvalue weighted by Crippen LogP contribution is 2.32. The number of morpholine rings is 1. The van der Waals surface area contributed by atoms with Gasteiger partial charge in [0.25, 0.3) is 0 Å². The molecule has 1 saturated heterocycles. The number of carbonyl (C=O) groups is 1. The zero-order valence-electron chi connectivity index (χ0n) is 10.9. The fraction of sp³-hybridized carbons (Fsp3) is 0.462. The van der Waals surface area contributed by atoms with Crippen LogP contribution in [0.4, 0.5) is 4.39 Å². The minimum absolute atomic E-state index is 0.0306. The quantitative estimate of drug-likeness (QED) is 0.870. The molecule has 2 atom stereocenters. The average molecular weight is 321 g/mol. The molecule has 0 radical (unpaired) electrons. The lowest BCUT2D eigenvalue weighted by atomic mass is 10.1. The van der Waals surface area contributed by atoms with E-state index in [2.05, 4.69) is 0 Å². The molecule has 0 bridgehead atoms. The van der Waals surface area contributed by atoms with Crippen LogP contribution >= 0.6 is 23.2 Å². The summed E-state index contributed by atoms with van der Waals surface area (Å²) in [7, 11) is 0. The predicted octanol–water partition coefficient (Wildman–Crippen LogP) is 2.38. The first-order chi connectivity index (χ1) is 9.40. The highest BCUT2D eigenvalue weighted by atomic mass is 35.5. The number of hydrogen-bond donors (Lipinski definition) is 1. The molecule has 0 unspecified atom stereocenters. The Morgan fingerprint density at radius 1 is 1.50 bits per heavy atom. The van der Waals surface area contributed by atoms with Crippen molar-refractivity contribution in [1.82, 2.24) is 4.90 Å². The van der Waals surface area contributed by atoms with Gasteiger partial charge in [0.2, 0.25) is 5.91 Å². The number of nitrogens with zero attached hydrogens (tertiary/aromatic N) is 1. The molecular weight excluding hydrogens is 306 g/mol. The number of ether oxygens (including phenoxy) is 1. The molecule has 1 aromatic carbocycles. The van der Waals surface area contributed by atoms with E-state index in [0.29, 0.717) is 30.3 Å². The molecule has 1 amide bonds. The number of rotatable bonds is 3. The van der Waals surface area contributed by atoms with Gasteiger partial charge in [-0.3, -0.25) is 9.69 Å². The Bertz CT molecular complexity index is 527. The molecule has 2 N–H and O–H groups in total. The summed E-state index contributed by atoms with van der Waals surface area (Å²) in [6.07, 6.45) is -0.412. The first-order valence-electron chi connectivity index (χ1n) is 6.19. The first kappa shape index (κ1) is 15.5. The van der Waals surface area contributed by atoms with E-state index in [1.165, 1.54) is 12.1 Å². The van der Waals surface area contributed by atoms with Crippen LogP contribution in [0.2, 0.25) is 10.0 Å². The zero-order valence-corrected chi connectivity index (χ0v) is 12.4. The summed E-state index contributed by atoms with van der Waals surface area (Å²) in [5.41, 5.74) is 5.82. The van der Waals surface area contributed by atoms with E-state index in [1.807, 2.05) is 4.90 Å². The summed E-state index contributed by atoms with van der Waals surface area (Å²) in [4.78, 5) is 13.1. The largest absolute Gasteiger partial charge is 0.371 e. The van der Waals surface area contributed by atoms with Crippen molar-refractivity contribution in [2.45, 2.75) is 19.1 Å². The highest BCUT2D eigenvalue weighted by Gasteiger charge is 2.29. The molecule has 20 heavy (non-hydrogen) atoms. The molecule has 1 fully saturated rings. The van der Waals surface area contributed by atoms with Gasteiger partial charge in [0, 0.05) is 23.7 Å². The van der Waals surface area contributed by atoms with Gasteiger partial charge in [0.05, 0.1) is 23.8 Å². The summed E-state index contributed by atoms with van der Waals surface area (Å²) in [6, 6.07) is 2.22. The molecule has 0 aliphatic carbocycles. The van der Waals surface area contributed by atoms with Crippen molar-refractivity contribution < 1.29 is 13.9 Å². The number of amides is 1. The van der Waals surface area contributed by atoms with Crippen LogP contribution in [0.3, 0.4) is 0 Å². The van der Waals surface area contributed by atoms with Crippen molar-refractivity contribution in [2.75, 3.05) is 19.7 Å². The van der Waals surface area contributed by atoms with E-state index in [0.717, 1.165) is 0 Å². The highest BCUT2D eigenvalue weighted by molar-refractivity contribution is 6.35. The number of carbonyl (C=O) groups excluding carboxylic acids is 1. The maximum Gasteiger partial charge on any atom is 0.234 e. The maximum absolute atomic E-state index is 13.6. The number of benzene rings is 1. The standard InChI is InChI=1S/C13H15Cl2FN2O2/c1-7(13(17)19)18-2-3-20-12(6-18)8-4-11(16)10(15)5-9(8)14/h4-5,7,12H,2-3,6H2,1H3,(H2,17,19)/t7-,12+/m1/s1. The lowest BCUT2D eigenvalue weighted by Gasteiger charge is -2.36. The van der Waals surface area contributed by atoms with Gasteiger partial charge < -0.3 is 10.5 Å². The smallest absolute Gasteiger partial charge is 0.234 e. The van der Waals surface area contributed by atoms with E-state index in [1.54, 1.807) is 6.92 Å². The SMILES string of the molecule is C[C@H](C(N)=O)N1CCO[C@H](c2cc(F)c(Cl)cc2Cl)C1. The van der Waals surface area contributed by atoms with Gasteiger partial charge in [-0.15, -0.1) is 0 Å². The zero-order chi connectivity index (χ0) is 14.9. The number of nitrogens with two attached hydrogens (primary N) is 1. The van der Waals surface area contributed by atoms with Crippen LogP contribution in [0.1, 0.15) is 18.6 Å². The fourth-order valence-corrected chi connectivity index (χ4v) is 2.68. The lowest BCUT2D eigenvalue weighted by Crippen LogP contribution is -2.49. The van der Waals surface area contributed by atoms with Crippen molar-refractivity contribution in [2.24, 2.45) is 5.73 Å². The van der Waals surface area contributed by atoms with E-state index >= 15 is 0 Å². The van der Waals surface area contributed by atoms with E-state index in [9.17, 15) is 9.18 Å². The van der Waals surface area contributed by atoms with Gasteiger partial charge in [-0.2, -0.15) is 0 Å². The van der Waals surface area contributed by atoms with E-state index < -0.39 is 23.9 Å². The van der Waals surface area contributed by atoms with Gasteiger partial charge >= 0.3 is 0 Å². The average Bonchev–Trinajstić information content (AvgIpc) is 2.42. The topological polar surface area (TPSA) is 55.6 Å². The third kappa shape index (κ3) is 3.23. The molecule has 4 nitrogen and oxygen atoms in total. The van der Waals surface area contributed by atoms with Crippen molar-refractivity contribution in [3.63, 3.8) is 0 Å². The monoisotopic (exact) mass is 320 g/mol. The molecule has 0 aromatic heterocycles. The Hall–Kier alpha value is -0.880. The molecule has 0 spiro atoms. The normalized spacial score (nSPS) is 21.7. The van der Waals surface area contributed by atoms with Gasteiger partial charge in [-0.05, 0) is 19.1 Å². The molecular formula is C13H15Cl2FN2O2. The molecule has 1 heterocycles. The van der Waals surface area contributed by atoms with Gasteiger partial charge in [-0.25, -0.2) is 4.39 Å².